The van der Waals surface area contributed by atoms with Gasteiger partial charge in [0, 0.05) is 48.3 Å². The third-order valence-corrected chi connectivity index (χ3v) is 7.07. The van der Waals surface area contributed by atoms with Crippen LogP contribution in [0, 0.1) is 0 Å². The maximum Gasteiger partial charge on any atom is 0.326 e. The van der Waals surface area contributed by atoms with Crippen molar-refractivity contribution < 1.29 is 39.3 Å². The number of nitrogens with zero attached hydrogens (tertiary/aromatic N) is 1. The second-order valence-electron chi connectivity index (χ2n) is 10.4. The number of rotatable bonds is 15. The minimum Gasteiger partial charge on any atom is -0.508 e. The van der Waals surface area contributed by atoms with Gasteiger partial charge in [-0.05, 0) is 29.3 Å². The molecule has 2 aromatic carbocycles. The average Bonchev–Trinajstić information content (AvgIpc) is 3.66. The van der Waals surface area contributed by atoms with Crippen LogP contribution in [-0.4, -0.2) is 84.1 Å². The molecule has 0 spiro atoms. The van der Waals surface area contributed by atoms with E-state index in [4.69, 9.17) is 10.8 Å². The fraction of sp³-hybridized carbons (Fsp3) is 0.267. The summed E-state index contributed by atoms with van der Waals surface area (Å²) < 4.78 is 0. The molecule has 0 aliphatic carbocycles. The van der Waals surface area contributed by atoms with Gasteiger partial charge in [0.15, 0.2) is 0 Å². The normalized spacial score (nSPS) is 13.7. The number of amides is 3. The molecule has 15 heteroatoms. The smallest absolute Gasteiger partial charge is 0.326 e. The van der Waals surface area contributed by atoms with Crippen LogP contribution in [0.3, 0.4) is 0 Å². The summed E-state index contributed by atoms with van der Waals surface area (Å²) in [6.07, 6.45) is 3.52. The Labute approximate surface area is 256 Å². The fourth-order valence-electron chi connectivity index (χ4n) is 4.73. The van der Waals surface area contributed by atoms with Gasteiger partial charge in [-0.3, -0.25) is 19.2 Å². The van der Waals surface area contributed by atoms with Gasteiger partial charge in [0.1, 0.15) is 23.9 Å². The van der Waals surface area contributed by atoms with E-state index in [0.717, 1.165) is 10.9 Å². The monoisotopic (exact) mass is 619 g/mol. The number of aromatic nitrogens is 3. The van der Waals surface area contributed by atoms with Gasteiger partial charge in [-0.25, -0.2) is 9.78 Å². The molecule has 4 unspecified atom stereocenters. The van der Waals surface area contributed by atoms with E-state index in [9.17, 15) is 34.2 Å². The first-order chi connectivity index (χ1) is 21.5. The van der Waals surface area contributed by atoms with Crippen LogP contribution < -0.4 is 21.7 Å². The van der Waals surface area contributed by atoms with Crippen LogP contribution in [0.2, 0.25) is 0 Å². The molecule has 0 aliphatic rings. The molecule has 4 aromatic rings. The van der Waals surface area contributed by atoms with E-state index < -0.39 is 60.2 Å². The van der Waals surface area contributed by atoms with E-state index in [-0.39, 0.29) is 25.0 Å². The molecule has 15 nitrogen and oxygen atoms in total. The van der Waals surface area contributed by atoms with Crippen molar-refractivity contribution in [3.05, 3.63) is 84.1 Å². The number of hydrogen-bond donors (Lipinski definition) is 9. The minimum atomic E-state index is -1.45. The van der Waals surface area contributed by atoms with Gasteiger partial charge in [-0.1, -0.05) is 30.3 Å². The number of imidazole rings is 1. The molecule has 0 aliphatic heterocycles. The Hall–Kier alpha value is -5.70. The Balaban J connectivity index is 1.56. The van der Waals surface area contributed by atoms with Crippen LogP contribution in [0.25, 0.3) is 10.9 Å². The number of H-pyrrole nitrogens is 2. The molecule has 2 heterocycles. The largest absolute Gasteiger partial charge is 0.508 e. The molecule has 0 bridgehead atoms. The molecule has 0 saturated carbocycles. The lowest BCUT2D eigenvalue weighted by atomic mass is 10.0. The van der Waals surface area contributed by atoms with Crippen LogP contribution in [0.4, 0.5) is 0 Å². The third kappa shape index (κ3) is 8.90. The number of carboxylic acid groups (broad SMARTS) is 2. The van der Waals surface area contributed by atoms with Crippen LogP contribution in [0.5, 0.6) is 5.75 Å². The van der Waals surface area contributed by atoms with Crippen molar-refractivity contribution in [2.24, 2.45) is 5.73 Å². The van der Waals surface area contributed by atoms with Gasteiger partial charge < -0.3 is 47.0 Å². The van der Waals surface area contributed by atoms with Crippen LogP contribution in [0.15, 0.2) is 67.3 Å². The number of hydrogen-bond acceptors (Lipinski definition) is 8. The van der Waals surface area contributed by atoms with Gasteiger partial charge >= 0.3 is 11.9 Å². The zero-order chi connectivity index (χ0) is 32.5. The Morgan fingerprint density at radius 3 is 2.09 bits per heavy atom. The van der Waals surface area contributed by atoms with Crippen LogP contribution in [0.1, 0.15) is 23.2 Å². The number of aromatic hydroxyl groups is 1. The van der Waals surface area contributed by atoms with Gasteiger partial charge in [0.25, 0.3) is 0 Å². The van der Waals surface area contributed by atoms with E-state index in [2.05, 4.69) is 30.9 Å². The van der Waals surface area contributed by atoms with Crippen molar-refractivity contribution >= 4 is 40.6 Å². The van der Waals surface area contributed by atoms with Crippen molar-refractivity contribution in [1.82, 2.24) is 30.9 Å². The first kappa shape index (κ1) is 32.2. The predicted molar refractivity (Wildman–Crippen MR) is 160 cm³/mol. The van der Waals surface area contributed by atoms with E-state index in [1.54, 1.807) is 6.20 Å². The summed E-state index contributed by atoms with van der Waals surface area (Å²) in [7, 11) is 0. The van der Waals surface area contributed by atoms with Crippen LogP contribution in [-0.2, 0) is 43.2 Å². The van der Waals surface area contributed by atoms with Crippen molar-refractivity contribution in [3.8, 4) is 5.75 Å². The maximum absolute atomic E-state index is 13.6. The first-order valence-electron chi connectivity index (χ1n) is 13.9. The molecule has 236 valence electrons. The zero-order valence-corrected chi connectivity index (χ0v) is 23.9. The standard InChI is InChI=1S/C30H33N7O8/c31-21(12-26(39)40)27(41)35-24(11-18-14-32-15-34-18)29(43)36-23(9-16-5-7-19(38)8-6-16)28(42)37-25(30(44)45)10-17-13-33-22-4-2-1-3-20(17)22/h1-8,13-15,21,23-25,33,38H,9-12,31H2,(H,32,34)(H,35,41)(H,36,43)(H,37,42)(H,39,40)(H,44,45). The summed E-state index contributed by atoms with van der Waals surface area (Å²) >= 11 is 0. The molecule has 2 aromatic heterocycles. The SMILES string of the molecule is NC(CC(=O)O)C(=O)NC(Cc1cnc[nH]1)C(=O)NC(Cc1ccc(O)cc1)C(=O)NC(Cc1c[nH]c2ccccc12)C(=O)O. The number of carbonyl (C=O) groups excluding carboxylic acids is 3. The van der Waals surface area contributed by atoms with Crippen molar-refractivity contribution in [3.63, 3.8) is 0 Å². The number of para-hydroxylation sites is 1. The number of aliphatic carboxylic acids is 2. The lowest BCUT2D eigenvalue weighted by molar-refractivity contribution is -0.142. The molecule has 3 amide bonds. The second kappa shape index (κ2) is 14.7. The quantitative estimate of drug-likeness (QED) is 0.0858. The van der Waals surface area contributed by atoms with Crippen molar-refractivity contribution in [2.45, 2.75) is 49.9 Å². The number of fused-ring (bicyclic) bond motifs is 1. The lowest BCUT2D eigenvalue weighted by Crippen LogP contribution is -2.58. The molecule has 0 saturated heterocycles. The highest BCUT2D eigenvalue weighted by atomic mass is 16.4. The third-order valence-electron chi connectivity index (χ3n) is 7.07. The van der Waals surface area contributed by atoms with E-state index >= 15 is 0 Å². The minimum absolute atomic E-state index is 0.0199. The highest BCUT2D eigenvalue weighted by Crippen LogP contribution is 2.19. The van der Waals surface area contributed by atoms with E-state index in [0.29, 0.717) is 16.8 Å². The lowest BCUT2D eigenvalue weighted by Gasteiger charge is -2.25. The average molecular weight is 620 g/mol. The van der Waals surface area contributed by atoms with Crippen molar-refractivity contribution in [1.29, 1.82) is 0 Å². The number of phenols is 1. The second-order valence-corrected chi connectivity index (χ2v) is 10.4. The highest BCUT2D eigenvalue weighted by Gasteiger charge is 2.31. The number of nitrogens with one attached hydrogen (secondary N) is 5. The summed E-state index contributed by atoms with van der Waals surface area (Å²) in [5.74, 6) is -5.14. The number of carboxylic acids is 2. The topological polar surface area (TPSA) is 253 Å². The molecule has 0 fully saturated rings. The molecule has 4 atom stereocenters. The van der Waals surface area contributed by atoms with Gasteiger partial charge in [0.2, 0.25) is 17.7 Å². The Kier molecular flexibility index (Phi) is 10.5. The van der Waals surface area contributed by atoms with E-state index in [1.165, 1.54) is 36.8 Å². The van der Waals surface area contributed by atoms with Crippen molar-refractivity contribution in [2.75, 3.05) is 0 Å². The van der Waals surface area contributed by atoms with Gasteiger partial charge in [-0.15, -0.1) is 0 Å². The molecule has 10 N–H and O–H groups in total. The summed E-state index contributed by atoms with van der Waals surface area (Å²) in [6, 6.07) is 7.74. The highest BCUT2D eigenvalue weighted by molar-refractivity contribution is 5.95. The Morgan fingerprint density at radius 1 is 0.800 bits per heavy atom. The maximum atomic E-state index is 13.6. The number of benzene rings is 2. The molecular formula is C30H33N7O8. The van der Waals surface area contributed by atoms with E-state index in [1.807, 2.05) is 24.3 Å². The Bertz CT molecular complexity index is 1650. The first-order valence-corrected chi connectivity index (χ1v) is 13.9. The number of phenolic OH excluding ortho intramolecular Hbond substituents is 1. The summed E-state index contributed by atoms with van der Waals surface area (Å²) in [5.41, 5.74) is 8.14. The summed E-state index contributed by atoms with van der Waals surface area (Å²) in [4.78, 5) is 72.9. The Morgan fingerprint density at radius 2 is 1.44 bits per heavy atom. The predicted octanol–water partition coefficient (Wildman–Crippen LogP) is -0.0345. The molecule has 4 rings (SSSR count). The molecule has 45 heavy (non-hydrogen) atoms. The van der Waals surface area contributed by atoms with Crippen LogP contribution >= 0.6 is 0 Å². The number of carbonyl (C=O) groups is 5. The zero-order valence-electron chi connectivity index (χ0n) is 23.9. The summed E-state index contributed by atoms with van der Waals surface area (Å²) in [6.45, 7) is 0. The summed E-state index contributed by atoms with van der Waals surface area (Å²) in [5, 5.41) is 37.0. The van der Waals surface area contributed by atoms with Gasteiger partial charge in [0.05, 0.1) is 18.8 Å². The number of nitrogens with two attached hydrogens (primary N) is 1. The van der Waals surface area contributed by atoms with Gasteiger partial charge in [-0.2, -0.15) is 0 Å². The molecule has 0 radical (unpaired) electrons. The number of aromatic amines is 2. The molecular weight excluding hydrogens is 586 g/mol. The fourth-order valence-corrected chi connectivity index (χ4v) is 4.73.